The van der Waals surface area contributed by atoms with E-state index in [1.165, 1.54) is 7.11 Å². The molecule has 0 bridgehead atoms. The summed E-state index contributed by atoms with van der Waals surface area (Å²) in [6.07, 6.45) is -4.59. The molecule has 1 aliphatic rings. The summed E-state index contributed by atoms with van der Waals surface area (Å²) < 4.78 is 11.0. The topological polar surface area (TPSA) is 117 Å². The molecule has 4 N–H and O–H groups in total. The molecule has 3 rings (SSSR count). The monoisotopic (exact) mass is 400 g/mol. The number of ether oxygens (including phenoxy) is 2. The van der Waals surface area contributed by atoms with Crippen LogP contribution in [0.3, 0.4) is 0 Å². The number of hydrogen-bond donors (Lipinski definition) is 4. The fourth-order valence-electron chi connectivity index (χ4n) is 3.16. The van der Waals surface area contributed by atoms with Gasteiger partial charge in [-0.1, -0.05) is 36.4 Å². The molecule has 0 saturated carbocycles. The molecule has 154 valence electrons. The second kappa shape index (κ2) is 9.62. The zero-order chi connectivity index (χ0) is 20.8. The Hall–Kier alpha value is -2.78. The summed E-state index contributed by atoms with van der Waals surface area (Å²) in [5.41, 5.74) is 0.871. The fraction of sp³-hybridized carbons (Fsp3) is 0.333. The SMILES string of the molecule is COC1OC(CNC(=O)c2ccccc2)C(O)C(O)C1NC(=O)c1ccccc1. The largest absolute Gasteiger partial charge is 0.388 e. The lowest BCUT2D eigenvalue weighted by Gasteiger charge is -2.42. The van der Waals surface area contributed by atoms with Gasteiger partial charge in [0.05, 0.1) is 0 Å². The van der Waals surface area contributed by atoms with Gasteiger partial charge < -0.3 is 30.3 Å². The molecule has 1 fully saturated rings. The van der Waals surface area contributed by atoms with Gasteiger partial charge in [0.2, 0.25) is 0 Å². The lowest BCUT2D eigenvalue weighted by molar-refractivity contribution is -0.253. The van der Waals surface area contributed by atoms with Crippen LogP contribution >= 0.6 is 0 Å². The molecule has 0 spiro atoms. The molecule has 29 heavy (non-hydrogen) atoms. The Bertz CT molecular complexity index is 812. The molecule has 0 radical (unpaired) electrons. The number of aliphatic hydroxyl groups is 2. The van der Waals surface area contributed by atoms with Crippen LogP contribution in [-0.4, -0.2) is 66.3 Å². The Balaban J connectivity index is 1.63. The molecule has 1 saturated heterocycles. The second-order valence-electron chi connectivity index (χ2n) is 6.70. The highest BCUT2D eigenvalue weighted by atomic mass is 16.7. The molecule has 0 aliphatic carbocycles. The third kappa shape index (κ3) is 4.99. The lowest BCUT2D eigenvalue weighted by Crippen LogP contribution is -2.65. The van der Waals surface area contributed by atoms with E-state index in [9.17, 15) is 19.8 Å². The van der Waals surface area contributed by atoms with Crippen LogP contribution in [0.15, 0.2) is 60.7 Å². The van der Waals surface area contributed by atoms with Crippen molar-refractivity contribution in [3.63, 3.8) is 0 Å². The summed E-state index contributed by atoms with van der Waals surface area (Å²) in [6, 6.07) is 16.1. The maximum atomic E-state index is 12.4. The van der Waals surface area contributed by atoms with Gasteiger partial charge >= 0.3 is 0 Å². The van der Waals surface area contributed by atoms with E-state index in [2.05, 4.69) is 10.6 Å². The van der Waals surface area contributed by atoms with Gasteiger partial charge in [0, 0.05) is 24.8 Å². The van der Waals surface area contributed by atoms with Gasteiger partial charge in [-0.25, -0.2) is 0 Å². The van der Waals surface area contributed by atoms with E-state index in [0.29, 0.717) is 11.1 Å². The molecule has 1 heterocycles. The minimum atomic E-state index is -1.35. The number of aliphatic hydroxyl groups excluding tert-OH is 2. The smallest absolute Gasteiger partial charge is 0.251 e. The van der Waals surface area contributed by atoms with Gasteiger partial charge in [0.15, 0.2) is 6.29 Å². The van der Waals surface area contributed by atoms with E-state index in [0.717, 1.165) is 0 Å². The van der Waals surface area contributed by atoms with Gasteiger partial charge in [-0.05, 0) is 24.3 Å². The third-order valence-corrected chi connectivity index (χ3v) is 4.77. The summed E-state index contributed by atoms with van der Waals surface area (Å²) in [7, 11) is 1.37. The summed E-state index contributed by atoms with van der Waals surface area (Å²) >= 11 is 0. The first-order chi connectivity index (χ1) is 14.0. The molecule has 0 aromatic heterocycles. The Morgan fingerprint density at radius 1 is 0.931 bits per heavy atom. The van der Waals surface area contributed by atoms with Crippen molar-refractivity contribution in [1.29, 1.82) is 0 Å². The van der Waals surface area contributed by atoms with E-state index in [-0.39, 0.29) is 12.5 Å². The summed E-state index contributed by atoms with van der Waals surface area (Å²) in [6.45, 7) is -0.0365. The second-order valence-corrected chi connectivity index (χ2v) is 6.70. The van der Waals surface area contributed by atoms with Crippen molar-refractivity contribution < 1.29 is 29.3 Å². The number of rotatable bonds is 6. The van der Waals surface area contributed by atoms with Gasteiger partial charge in [0.1, 0.15) is 24.4 Å². The van der Waals surface area contributed by atoms with E-state index in [1.807, 2.05) is 0 Å². The first-order valence-electron chi connectivity index (χ1n) is 9.25. The van der Waals surface area contributed by atoms with Crippen LogP contribution in [-0.2, 0) is 9.47 Å². The van der Waals surface area contributed by atoms with Crippen LogP contribution in [0.1, 0.15) is 20.7 Å². The molecular formula is C21H24N2O6. The Morgan fingerprint density at radius 3 is 2.03 bits per heavy atom. The molecule has 5 atom stereocenters. The maximum absolute atomic E-state index is 12.4. The highest BCUT2D eigenvalue weighted by molar-refractivity contribution is 5.94. The number of carbonyl (C=O) groups is 2. The summed E-state index contributed by atoms with van der Waals surface area (Å²) in [4.78, 5) is 24.6. The molecule has 2 aromatic carbocycles. The van der Waals surface area contributed by atoms with Crippen LogP contribution < -0.4 is 10.6 Å². The van der Waals surface area contributed by atoms with Gasteiger partial charge in [-0.3, -0.25) is 9.59 Å². The van der Waals surface area contributed by atoms with Crippen LogP contribution in [0.2, 0.25) is 0 Å². The van der Waals surface area contributed by atoms with Crippen molar-refractivity contribution in [3.8, 4) is 0 Å². The molecule has 1 aliphatic heterocycles. The third-order valence-electron chi connectivity index (χ3n) is 4.77. The van der Waals surface area contributed by atoms with Crippen molar-refractivity contribution in [2.45, 2.75) is 30.6 Å². The van der Waals surface area contributed by atoms with E-state index in [4.69, 9.17) is 9.47 Å². The predicted octanol–water partition coefficient (Wildman–Crippen LogP) is 0.308. The zero-order valence-corrected chi connectivity index (χ0v) is 15.9. The van der Waals surface area contributed by atoms with Crippen LogP contribution in [0.5, 0.6) is 0 Å². The Labute approximate surface area is 168 Å². The number of nitrogens with one attached hydrogen (secondary N) is 2. The standard InChI is InChI=1S/C21H24N2O6/c1-28-21-16(23-20(27)14-10-6-3-7-11-14)18(25)17(24)15(29-21)12-22-19(26)13-8-4-2-5-9-13/h2-11,15-18,21,24-25H,12H2,1H3,(H,22,26)(H,23,27). The minimum Gasteiger partial charge on any atom is -0.388 e. The molecule has 5 unspecified atom stereocenters. The number of methoxy groups -OCH3 is 1. The normalized spacial score (nSPS) is 26.5. The van der Waals surface area contributed by atoms with Gasteiger partial charge in [-0.2, -0.15) is 0 Å². The molecule has 8 heteroatoms. The fourth-order valence-corrected chi connectivity index (χ4v) is 3.16. The minimum absolute atomic E-state index is 0.0365. The van der Waals surface area contributed by atoms with Crippen molar-refractivity contribution in [1.82, 2.24) is 10.6 Å². The van der Waals surface area contributed by atoms with E-state index >= 15 is 0 Å². The average Bonchev–Trinajstić information content (AvgIpc) is 2.77. The number of benzene rings is 2. The molecular weight excluding hydrogens is 376 g/mol. The van der Waals surface area contributed by atoms with Gasteiger partial charge in [0.25, 0.3) is 11.8 Å². The first kappa shape index (κ1) is 20.9. The quantitative estimate of drug-likeness (QED) is 0.554. The zero-order valence-electron chi connectivity index (χ0n) is 15.9. The predicted molar refractivity (Wildman–Crippen MR) is 104 cm³/mol. The van der Waals surface area contributed by atoms with Crippen molar-refractivity contribution >= 4 is 11.8 Å². The Morgan fingerprint density at radius 2 is 1.48 bits per heavy atom. The number of amides is 2. The van der Waals surface area contributed by atoms with Gasteiger partial charge in [-0.15, -0.1) is 0 Å². The van der Waals surface area contributed by atoms with E-state index < -0.39 is 36.6 Å². The van der Waals surface area contributed by atoms with Crippen molar-refractivity contribution in [2.75, 3.05) is 13.7 Å². The molecule has 8 nitrogen and oxygen atoms in total. The highest BCUT2D eigenvalue weighted by Crippen LogP contribution is 2.22. The van der Waals surface area contributed by atoms with Crippen LogP contribution in [0.4, 0.5) is 0 Å². The average molecular weight is 400 g/mol. The first-order valence-corrected chi connectivity index (χ1v) is 9.25. The van der Waals surface area contributed by atoms with E-state index in [1.54, 1.807) is 60.7 Å². The molecule has 2 aromatic rings. The Kier molecular flexibility index (Phi) is 6.95. The van der Waals surface area contributed by atoms with Crippen LogP contribution in [0.25, 0.3) is 0 Å². The number of carbonyl (C=O) groups excluding carboxylic acids is 2. The summed E-state index contributed by atoms with van der Waals surface area (Å²) in [5, 5.41) is 26.3. The maximum Gasteiger partial charge on any atom is 0.251 e. The van der Waals surface area contributed by atoms with Crippen molar-refractivity contribution in [2.24, 2.45) is 0 Å². The lowest BCUT2D eigenvalue weighted by atomic mass is 9.96. The summed E-state index contributed by atoms with van der Waals surface area (Å²) in [5.74, 6) is -0.757. The van der Waals surface area contributed by atoms with Crippen molar-refractivity contribution in [3.05, 3.63) is 71.8 Å². The highest BCUT2D eigenvalue weighted by Gasteiger charge is 2.45. The number of hydrogen-bond acceptors (Lipinski definition) is 6. The molecule has 2 amide bonds. The van der Waals surface area contributed by atoms with Crippen LogP contribution in [0, 0.1) is 0 Å².